The molecule has 1 aromatic heterocycles. The van der Waals surface area contributed by atoms with Crippen LogP contribution in [0.5, 0.6) is 5.75 Å². The minimum atomic E-state index is -0.789. The van der Waals surface area contributed by atoms with E-state index in [9.17, 15) is 19.2 Å². The topological polar surface area (TPSA) is 123 Å². The van der Waals surface area contributed by atoms with Gasteiger partial charge in [0.1, 0.15) is 17.4 Å². The molecule has 0 bridgehead atoms. The molecule has 1 fully saturated rings. The molecular formula is C18H14N4O5. The van der Waals surface area contributed by atoms with Crippen molar-refractivity contribution in [3.05, 3.63) is 56.4 Å². The van der Waals surface area contributed by atoms with Gasteiger partial charge in [0, 0.05) is 17.8 Å². The summed E-state index contributed by atoms with van der Waals surface area (Å²) in [6, 6.07) is 6.21. The molecule has 0 atom stereocenters. The van der Waals surface area contributed by atoms with E-state index in [1.54, 1.807) is 12.1 Å². The number of ketones is 1. The number of benzene rings is 1. The number of rotatable bonds is 4. The van der Waals surface area contributed by atoms with Crippen LogP contribution in [-0.2, 0) is 11.3 Å². The average molecular weight is 366 g/mol. The number of nitriles is 1. The van der Waals surface area contributed by atoms with Gasteiger partial charge >= 0.3 is 5.69 Å². The first kappa shape index (κ1) is 16.8. The van der Waals surface area contributed by atoms with Crippen molar-refractivity contribution in [2.45, 2.75) is 25.4 Å². The number of amides is 1. The fourth-order valence-electron chi connectivity index (χ4n) is 2.94. The van der Waals surface area contributed by atoms with Crippen LogP contribution in [0.3, 0.4) is 0 Å². The second-order valence-electron chi connectivity index (χ2n) is 6.44. The molecule has 0 spiro atoms. The largest absolute Gasteiger partial charge is 0.482 e. The van der Waals surface area contributed by atoms with Crippen molar-refractivity contribution < 1.29 is 14.3 Å². The van der Waals surface area contributed by atoms with E-state index in [-0.39, 0.29) is 29.7 Å². The molecule has 1 aromatic carbocycles. The van der Waals surface area contributed by atoms with Gasteiger partial charge in [0.2, 0.25) is 0 Å². The highest BCUT2D eigenvalue weighted by atomic mass is 16.5. The Morgan fingerprint density at radius 3 is 2.78 bits per heavy atom. The summed E-state index contributed by atoms with van der Waals surface area (Å²) in [6.45, 7) is -0.592. The van der Waals surface area contributed by atoms with E-state index in [4.69, 9.17) is 10.00 Å². The van der Waals surface area contributed by atoms with E-state index in [0.717, 1.165) is 17.4 Å². The molecule has 2 aliphatic rings. The highest BCUT2D eigenvalue weighted by Crippen LogP contribution is 2.33. The molecule has 2 heterocycles. The molecule has 2 aromatic rings. The van der Waals surface area contributed by atoms with Gasteiger partial charge in [-0.2, -0.15) is 5.26 Å². The fourth-order valence-corrected chi connectivity index (χ4v) is 2.94. The smallest absolute Gasteiger partial charge is 0.331 e. The lowest BCUT2D eigenvalue weighted by Gasteiger charge is -2.18. The number of nitrogens with one attached hydrogen (secondary N) is 1. The van der Waals surface area contributed by atoms with Crippen molar-refractivity contribution >= 4 is 17.4 Å². The Bertz CT molecular complexity index is 1130. The fraction of sp³-hybridized carbons (Fsp3) is 0.278. The summed E-state index contributed by atoms with van der Waals surface area (Å²) in [5.41, 5.74) is -1.01. The third kappa shape index (κ3) is 3.01. The van der Waals surface area contributed by atoms with Crippen molar-refractivity contribution in [2.75, 3.05) is 11.9 Å². The first-order valence-corrected chi connectivity index (χ1v) is 8.34. The predicted molar refractivity (Wildman–Crippen MR) is 92.8 cm³/mol. The van der Waals surface area contributed by atoms with E-state index in [2.05, 4.69) is 5.32 Å². The van der Waals surface area contributed by atoms with Gasteiger partial charge in [-0.1, -0.05) is 0 Å². The van der Waals surface area contributed by atoms with Gasteiger partial charge in [0.05, 0.1) is 12.2 Å². The van der Waals surface area contributed by atoms with Crippen LogP contribution in [0.4, 0.5) is 5.69 Å². The van der Waals surface area contributed by atoms with Crippen molar-refractivity contribution in [3.63, 3.8) is 0 Å². The third-order valence-electron chi connectivity index (χ3n) is 4.49. The first-order valence-electron chi connectivity index (χ1n) is 8.34. The zero-order chi connectivity index (χ0) is 19.1. The number of carbonyl (C=O) groups is 2. The van der Waals surface area contributed by atoms with Gasteiger partial charge in [0.15, 0.2) is 12.4 Å². The van der Waals surface area contributed by atoms with E-state index in [1.807, 2.05) is 0 Å². The molecule has 0 unspecified atom stereocenters. The van der Waals surface area contributed by atoms with Crippen molar-refractivity contribution in [3.8, 4) is 11.8 Å². The molecule has 9 heteroatoms. The van der Waals surface area contributed by atoms with Gasteiger partial charge in [-0.05, 0) is 31.0 Å². The number of aromatic nitrogens is 2. The van der Waals surface area contributed by atoms with E-state index in [1.165, 1.54) is 22.9 Å². The summed E-state index contributed by atoms with van der Waals surface area (Å²) >= 11 is 0. The minimum Gasteiger partial charge on any atom is -0.482 e. The molecule has 1 aliphatic carbocycles. The van der Waals surface area contributed by atoms with Gasteiger partial charge < -0.3 is 10.1 Å². The van der Waals surface area contributed by atoms with Gasteiger partial charge in [0.25, 0.3) is 11.5 Å². The highest BCUT2D eigenvalue weighted by Gasteiger charge is 2.27. The lowest BCUT2D eigenvalue weighted by Crippen LogP contribution is -2.42. The lowest BCUT2D eigenvalue weighted by atomic mass is 10.1. The lowest BCUT2D eigenvalue weighted by molar-refractivity contribution is -0.118. The van der Waals surface area contributed by atoms with Crippen LogP contribution in [0.1, 0.15) is 34.8 Å². The van der Waals surface area contributed by atoms with Crippen LogP contribution in [0.25, 0.3) is 0 Å². The van der Waals surface area contributed by atoms with Crippen molar-refractivity contribution in [1.29, 1.82) is 5.26 Å². The Kier molecular flexibility index (Phi) is 3.88. The molecule has 0 saturated heterocycles. The number of Topliss-reactive ketones (excluding diaryl/α,β-unsaturated/α-hetero) is 1. The zero-order valence-corrected chi connectivity index (χ0v) is 14.1. The van der Waals surface area contributed by atoms with E-state index in [0.29, 0.717) is 11.4 Å². The second-order valence-corrected chi connectivity index (χ2v) is 6.44. The van der Waals surface area contributed by atoms with Crippen LogP contribution < -0.4 is 21.3 Å². The van der Waals surface area contributed by atoms with Gasteiger partial charge in [-0.25, -0.2) is 4.79 Å². The number of hydrogen-bond acceptors (Lipinski definition) is 6. The van der Waals surface area contributed by atoms with Crippen molar-refractivity contribution in [2.24, 2.45) is 0 Å². The summed E-state index contributed by atoms with van der Waals surface area (Å²) < 4.78 is 7.37. The standard InChI is InChI=1S/C18H14N4O5/c19-6-11-7-21(12-2-3-12)18(26)22(17(11)25)8-14(23)10-1-4-15-13(5-10)20-16(24)9-27-15/h1,4-5,7,12H,2-3,8-9H2,(H,20,24). The number of nitrogens with zero attached hydrogens (tertiary/aromatic N) is 3. The summed E-state index contributed by atoms with van der Waals surface area (Å²) in [5, 5.41) is 11.7. The number of carbonyl (C=O) groups excluding carboxylic acids is 2. The van der Waals surface area contributed by atoms with Crippen LogP contribution in [0, 0.1) is 11.3 Å². The molecule has 9 nitrogen and oxygen atoms in total. The number of fused-ring (bicyclic) bond motifs is 1. The SMILES string of the molecule is N#Cc1cn(C2CC2)c(=O)n(CC(=O)c2ccc3c(c2)NC(=O)CO3)c1=O. The first-order chi connectivity index (χ1) is 13.0. The number of hydrogen-bond donors (Lipinski definition) is 1. The molecule has 4 rings (SSSR count). The Hall–Kier alpha value is -3.67. The third-order valence-corrected chi connectivity index (χ3v) is 4.49. The molecule has 136 valence electrons. The van der Waals surface area contributed by atoms with Crippen LogP contribution >= 0.6 is 0 Å². The van der Waals surface area contributed by atoms with Crippen LogP contribution in [0.15, 0.2) is 34.0 Å². The number of ether oxygens (including phenoxy) is 1. The molecule has 27 heavy (non-hydrogen) atoms. The van der Waals surface area contributed by atoms with Crippen LogP contribution in [-0.4, -0.2) is 27.4 Å². The molecule has 1 saturated carbocycles. The maximum Gasteiger partial charge on any atom is 0.331 e. The summed E-state index contributed by atoms with van der Waals surface area (Å²) in [6.07, 6.45) is 2.85. The monoisotopic (exact) mass is 366 g/mol. The highest BCUT2D eigenvalue weighted by molar-refractivity contribution is 6.00. The number of anilines is 1. The van der Waals surface area contributed by atoms with E-state index < -0.39 is 23.6 Å². The molecule has 0 radical (unpaired) electrons. The Labute approximate surface area is 152 Å². The molecule has 1 N–H and O–H groups in total. The molecular weight excluding hydrogens is 352 g/mol. The van der Waals surface area contributed by atoms with Gasteiger partial charge in [-0.15, -0.1) is 0 Å². The Morgan fingerprint density at radius 1 is 1.30 bits per heavy atom. The summed E-state index contributed by atoms with van der Waals surface area (Å²) in [5.74, 6) is -0.391. The predicted octanol–water partition coefficient (Wildman–Crippen LogP) is 0.430. The summed E-state index contributed by atoms with van der Waals surface area (Å²) in [4.78, 5) is 49.0. The quantitative estimate of drug-likeness (QED) is 0.783. The maximum atomic E-state index is 12.6. The van der Waals surface area contributed by atoms with Crippen molar-refractivity contribution in [1.82, 2.24) is 9.13 Å². The Balaban J connectivity index is 1.70. The maximum absolute atomic E-state index is 12.6. The minimum absolute atomic E-state index is 0.0392. The zero-order valence-electron chi connectivity index (χ0n) is 14.1. The normalized spacial score (nSPS) is 15.3. The Morgan fingerprint density at radius 2 is 2.07 bits per heavy atom. The molecule has 1 amide bonds. The molecule has 1 aliphatic heterocycles. The average Bonchev–Trinajstić information content (AvgIpc) is 3.49. The van der Waals surface area contributed by atoms with Crippen LogP contribution in [0.2, 0.25) is 0 Å². The second kappa shape index (κ2) is 6.25. The summed E-state index contributed by atoms with van der Waals surface area (Å²) in [7, 11) is 0. The van der Waals surface area contributed by atoms with E-state index >= 15 is 0 Å². The van der Waals surface area contributed by atoms with Gasteiger partial charge in [-0.3, -0.25) is 23.5 Å².